The van der Waals surface area contributed by atoms with Crippen LogP contribution in [0.5, 0.6) is 23.0 Å². The molecule has 1 aliphatic rings. The van der Waals surface area contributed by atoms with E-state index in [2.05, 4.69) is 10.2 Å². The minimum Gasteiger partial charge on any atom is -0.507 e. The summed E-state index contributed by atoms with van der Waals surface area (Å²) in [5.74, 6) is 0.534. The fourth-order valence-corrected chi connectivity index (χ4v) is 4.31. The number of carbonyl (C=O) groups is 1. The molecule has 0 unspecified atom stereocenters. The van der Waals surface area contributed by atoms with Crippen LogP contribution >= 0.6 is 23.4 Å². The second-order valence-corrected chi connectivity index (χ2v) is 8.63. The average Bonchev–Trinajstić information content (AvgIpc) is 3.46. The number of amidine groups is 1. The molecule has 0 spiro atoms. The van der Waals surface area contributed by atoms with Crippen molar-refractivity contribution < 1.29 is 28.9 Å². The van der Waals surface area contributed by atoms with Gasteiger partial charge in [-0.15, -0.1) is 5.10 Å². The maximum atomic E-state index is 13.2. The summed E-state index contributed by atoms with van der Waals surface area (Å²) < 4.78 is 15.8. The molecule has 35 heavy (non-hydrogen) atoms. The van der Waals surface area contributed by atoms with Gasteiger partial charge in [-0.25, -0.2) is 0 Å². The molecule has 1 amide bonds. The van der Waals surface area contributed by atoms with E-state index in [0.29, 0.717) is 32.0 Å². The van der Waals surface area contributed by atoms with Crippen LogP contribution in [0.2, 0.25) is 5.02 Å². The first-order chi connectivity index (χ1) is 16.9. The molecule has 1 saturated heterocycles. The number of hydrogen-bond acceptors (Lipinski definition) is 9. The third-order valence-electron chi connectivity index (χ3n) is 4.91. The van der Waals surface area contributed by atoms with Crippen LogP contribution in [-0.2, 0) is 11.3 Å². The van der Waals surface area contributed by atoms with Crippen molar-refractivity contribution in [1.82, 2.24) is 4.90 Å². The Labute approximate surface area is 209 Å². The largest absolute Gasteiger partial charge is 0.507 e. The highest BCUT2D eigenvalue weighted by molar-refractivity contribution is 8.18. The van der Waals surface area contributed by atoms with Crippen molar-refractivity contribution >= 4 is 46.7 Å². The van der Waals surface area contributed by atoms with Gasteiger partial charge in [0.1, 0.15) is 11.5 Å². The number of nitrogens with zero attached hydrogens (tertiary/aromatic N) is 3. The second kappa shape index (κ2) is 10.6. The van der Waals surface area contributed by atoms with Gasteiger partial charge in [0.25, 0.3) is 5.91 Å². The Kier molecular flexibility index (Phi) is 7.33. The maximum Gasteiger partial charge on any atom is 0.267 e. The molecule has 0 bridgehead atoms. The summed E-state index contributed by atoms with van der Waals surface area (Å²) in [4.78, 5) is 15.0. The van der Waals surface area contributed by atoms with Gasteiger partial charge in [0.05, 0.1) is 38.1 Å². The normalized spacial score (nSPS) is 16.1. The average molecular weight is 514 g/mol. The molecule has 1 aromatic heterocycles. The number of aromatic hydroxyl groups is 2. The van der Waals surface area contributed by atoms with Gasteiger partial charge >= 0.3 is 0 Å². The lowest BCUT2D eigenvalue weighted by molar-refractivity contribution is -0.122. The van der Waals surface area contributed by atoms with E-state index in [4.69, 9.17) is 25.5 Å². The number of methoxy groups -OCH3 is 2. The summed E-state index contributed by atoms with van der Waals surface area (Å²) in [7, 11) is 2.85. The van der Waals surface area contributed by atoms with Crippen LogP contribution in [0.15, 0.2) is 68.3 Å². The number of phenols is 2. The van der Waals surface area contributed by atoms with Crippen molar-refractivity contribution in [3.8, 4) is 23.0 Å². The standard InChI is InChI=1S/C24H20ClN3O6S/c1-32-19-8-14(9-20(33-2)22(19)30)10-21-23(31)28(13-17-4-3-7-34-17)24(35-21)27-26-12-15-11-16(25)5-6-18(15)29/h3-12,29-30H,13H2,1-2H3/b21-10-,26-12+,27-24-. The Hall–Kier alpha value is -3.89. The zero-order valence-corrected chi connectivity index (χ0v) is 20.2. The van der Waals surface area contributed by atoms with Gasteiger partial charge in [0.2, 0.25) is 5.75 Å². The molecule has 0 radical (unpaired) electrons. The molecule has 0 aliphatic carbocycles. The molecule has 180 valence electrons. The molecular weight excluding hydrogens is 494 g/mol. The predicted molar refractivity (Wildman–Crippen MR) is 134 cm³/mol. The molecule has 0 saturated carbocycles. The lowest BCUT2D eigenvalue weighted by Crippen LogP contribution is -2.28. The van der Waals surface area contributed by atoms with Gasteiger partial charge in [-0.3, -0.25) is 9.69 Å². The number of carbonyl (C=O) groups excluding carboxylic acids is 1. The molecule has 11 heteroatoms. The molecule has 4 rings (SSSR count). The molecule has 3 aromatic rings. The van der Waals surface area contributed by atoms with Gasteiger partial charge in [-0.05, 0) is 65.9 Å². The Bertz CT molecular complexity index is 1310. The van der Waals surface area contributed by atoms with E-state index in [9.17, 15) is 15.0 Å². The summed E-state index contributed by atoms with van der Waals surface area (Å²) in [6, 6.07) is 11.2. The molecule has 9 nitrogen and oxygen atoms in total. The number of amides is 1. The fourth-order valence-electron chi connectivity index (χ4n) is 3.20. The summed E-state index contributed by atoms with van der Waals surface area (Å²) >= 11 is 7.09. The maximum absolute atomic E-state index is 13.2. The topological polar surface area (TPSA) is 117 Å². The zero-order chi connectivity index (χ0) is 24.9. The number of furan rings is 1. The molecule has 0 atom stereocenters. The SMILES string of the molecule is COc1cc(/C=C2\S/C(=N\N=C\c3cc(Cl)ccc3O)N(Cc3ccco3)C2=O)cc(OC)c1O. The Balaban J connectivity index is 1.68. The van der Waals surface area contributed by atoms with E-state index in [1.165, 1.54) is 37.7 Å². The van der Waals surface area contributed by atoms with Crippen LogP contribution in [0.1, 0.15) is 16.9 Å². The number of phenolic OH excluding ortho intramolecular Hbond substituents is 2. The monoisotopic (exact) mass is 513 g/mol. The number of rotatable bonds is 7. The van der Waals surface area contributed by atoms with E-state index >= 15 is 0 Å². The van der Waals surface area contributed by atoms with Gasteiger partial charge in [0.15, 0.2) is 16.7 Å². The summed E-state index contributed by atoms with van der Waals surface area (Å²) in [5.41, 5.74) is 0.965. The van der Waals surface area contributed by atoms with Crippen molar-refractivity contribution in [2.24, 2.45) is 10.2 Å². The van der Waals surface area contributed by atoms with Crippen LogP contribution < -0.4 is 9.47 Å². The third kappa shape index (κ3) is 5.44. The Morgan fingerprint density at radius 3 is 2.54 bits per heavy atom. The molecule has 1 fully saturated rings. The van der Waals surface area contributed by atoms with Crippen molar-refractivity contribution in [3.63, 3.8) is 0 Å². The minimum atomic E-state index is -0.308. The van der Waals surface area contributed by atoms with Gasteiger partial charge < -0.3 is 24.1 Å². The highest BCUT2D eigenvalue weighted by atomic mass is 35.5. The smallest absolute Gasteiger partial charge is 0.267 e. The number of hydrogen-bond donors (Lipinski definition) is 2. The first-order valence-corrected chi connectivity index (χ1v) is 11.4. The molecule has 2 N–H and O–H groups in total. The fraction of sp³-hybridized carbons (Fsp3) is 0.125. The van der Waals surface area contributed by atoms with E-state index in [0.717, 1.165) is 11.8 Å². The quantitative estimate of drug-likeness (QED) is 0.263. The lowest BCUT2D eigenvalue weighted by atomic mass is 10.1. The van der Waals surface area contributed by atoms with Crippen LogP contribution in [0, 0.1) is 0 Å². The summed E-state index contributed by atoms with van der Waals surface area (Å²) in [6.07, 6.45) is 4.51. The van der Waals surface area contributed by atoms with Crippen LogP contribution in [0.4, 0.5) is 0 Å². The molecule has 1 aliphatic heterocycles. The summed E-state index contributed by atoms with van der Waals surface area (Å²) in [6.45, 7) is 0.148. The van der Waals surface area contributed by atoms with E-state index in [-0.39, 0.29) is 35.4 Å². The van der Waals surface area contributed by atoms with Gasteiger partial charge in [-0.1, -0.05) is 11.6 Å². The first-order valence-electron chi connectivity index (χ1n) is 10.2. The Morgan fingerprint density at radius 2 is 1.89 bits per heavy atom. The number of benzene rings is 2. The highest BCUT2D eigenvalue weighted by Gasteiger charge is 2.34. The van der Waals surface area contributed by atoms with Crippen molar-refractivity contribution in [2.75, 3.05) is 14.2 Å². The van der Waals surface area contributed by atoms with E-state index in [1.807, 2.05) is 0 Å². The van der Waals surface area contributed by atoms with E-state index < -0.39 is 0 Å². The van der Waals surface area contributed by atoms with E-state index in [1.54, 1.807) is 42.5 Å². The second-order valence-electron chi connectivity index (χ2n) is 7.19. The van der Waals surface area contributed by atoms with Crippen molar-refractivity contribution in [3.05, 3.63) is 75.5 Å². The molecular formula is C24H20ClN3O6S. The lowest BCUT2D eigenvalue weighted by Gasteiger charge is -2.12. The zero-order valence-electron chi connectivity index (χ0n) is 18.6. The number of halogens is 1. The number of thioether (sulfide) groups is 1. The highest BCUT2D eigenvalue weighted by Crippen LogP contribution is 2.40. The van der Waals surface area contributed by atoms with Crippen LogP contribution in [-0.4, -0.2) is 46.6 Å². The van der Waals surface area contributed by atoms with Gasteiger partial charge in [-0.2, -0.15) is 5.10 Å². The number of ether oxygens (including phenoxy) is 2. The molecule has 2 heterocycles. The van der Waals surface area contributed by atoms with Gasteiger partial charge in [0, 0.05) is 10.6 Å². The predicted octanol–water partition coefficient (Wildman–Crippen LogP) is 4.87. The molecule has 2 aromatic carbocycles. The van der Waals surface area contributed by atoms with Crippen molar-refractivity contribution in [1.29, 1.82) is 0 Å². The summed E-state index contributed by atoms with van der Waals surface area (Å²) in [5, 5.41) is 29.1. The third-order valence-corrected chi connectivity index (χ3v) is 6.14. The minimum absolute atomic E-state index is 0.00301. The first kappa shape index (κ1) is 24.2. The van der Waals surface area contributed by atoms with Crippen molar-refractivity contribution in [2.45, 2.75) is 6.54 Å². The Morgan fingerprint density at radius 1 is 1.14 bits per heavy atom. The van der Waals surface area contributed by atoms with Crippen LogP contribution in [0.25, 0.3) is 6.08 Å². The van der Waals surface area contributed by atoms with Crippen LogP contribution in [0.3, 0.4) is 0 Å².